The molecule has 1 amide bonds. The Labute approximate surface area is 107 Å². The third kappa shape index (κ3) is 6.34. The third-order valence-corrected chi connectivity index (χ3v) is 3.26. The monoisotopic (exact) mass is 253 g/mol. The van der Waals surface area contributed by atoms with Gasteiger partial charge in [-0.05, 0) is 12.5 Å². The molecular formula is C13H19NO2S. The quantitative estimate of drug-likeness (QED) is 0.755. The van der Waals surface area contributed by atoms with Crippen molar-refractivity contribution in [2.45, 2.75) is 12.7 Å². The molecule has 0 fully saturated rings. The van der Waals surface area contributed by atoms with Crippen LogP contribution in [0.25, 0.3) is 0 Å². The molecule has 0 bridgehead atoms. The second kappa shape index (κ2) is 8.14. The lowest BCUT2D eigenvalue weighted by atomic mass is 10.2. The van der Waals surface area contributed by atoms with E-state index in [0.717, 1.165) is 11.5 Å². The number of carbonyl (C=O) groups is 1. The topological polar surface area (TPSA) is 38.3 Å². The third-order valence-electron chi connectivity index (χ3n) is 2.23. The number of amides is 1. The molecule has 1 N–H and O–H groups in total. The second-order valence-electron chi connectivity index (χ2n) is 3.82. The first-order chi connectivity index (χ1) is 8.22. The van der Waals surface area contributed by atoms with Gasteiger partial charge in [0.15, 0.2) is 0 Å². The summed E-state index contributed by atoms with van der Waals surface area (Å²) < 4.78 is 4.72. The Morgan fingerprint density at radius 1 is 1.35 bits per heavy atom. The van der Waals surface area contributed by atoms with Crippen molar-refractivity contribution in [3.8, 4) is 0 Å². The zero-order valence-electron chi connectivity index (χ0n) is 10.4. The molecule has 3 nitrogen and oxygen atoms in total. The number of thioether (sulfide) groups is 1. The van der Waals surface area contributed by atoms with E-state index in [1.807, 2.05) is 11.8 Å². The van der Waals surface area contributed by atoms with E-state index in [2.05, 4.69) is 36.5 Å². The molecule has 0 aliphatic carbocycles. The van der Waals surface area contributed by atoms with Crippen LogP contribution in [0.5, 0.6) is 0 Å². The van der Waals surface area contributed by atoms with E-state index in [1.54, 1.807) is 0 Å². The molecule has 0 unspecified atom stereocenters. The van der Waals surface area contributed by atoms with Crippen molar-refractivity contribution in [2.24, 2.45) is 0 Å². The largest absolute Gasteiger partial charge is 0.375 e. The minimum atomic E-state index is -0.0524. The van der Waals surface area contributed by atoms with Gasteiger partial charge in [-0.2, -0.15) is 11.8 Å². The molecule has 0 saturated heterocycles. The van der Waals surface area contributed by atoms with Crippen LogP contribution in [0.15, 0.2) is 24.3 Å². The molecule has 94 valence electrons. The van der Waals surface area contributed by atoms with Crippen LogP contribution in [-0.4, -0.2) is 31.9 Å². The molecule has 1 aromatic carbocycles. The van der Waals surface area contributed by atoms with Gasteiger partial charge in [-0.25, -0.2) is 0 Å². The molecule has 0 radical (unpaired) electrons. The summed E-state index contributed by atoms with van der Waals surface area (Å²) in [5.41, 5.74) is 2.61. The number of benzene rings is 1. The Kier molecular flexibility index (Phi) is 6.74. The molecule has 0 aliphatic rings. The van der Waals surface area contributed by atoms with Gasteiger partial charge < -0.3 is 10.1 Å². The predicted molar refractivity (Wildman–Crippen MR) is 72.2 cm³/mol. The minimum absolute atomic E-state index is 0.0524. The molecule has 1 aromatic rings. The number of ether oxygens (including phenoxy) is 1. The van der Waals surface area contributed by atoms with Gasteiger partial charge in [-0.3, -0.25) is 4.79 Å². The molecule has 0 aliphatic heterocycles. The number of hydrogen-bond donors (Lipinski definition) is 1. The number of rotatable bonds is 7. The molecule has 0 aromatic heterocycles. The van der Waals surface area contributed by atoms with Crippen LogP contribution in [-0.2, 0) is 15.3 Å². The van der Waals surface area contributed by atoms with Gasteiger partial charge >= 0.3 is 0 Å². The molecule has 0 atom stereocenters. The van der Waals surface area contributed by atoms with Crippen molar-refractivity contribution in [3.63, 3.8) is 0 Å². The normalized spacial score (nSPS) is 10.2. The van der Waals surface area contributed by atoms with E-state index in [4.69, 9.17) is 4.74 Å². The summed E-state index contributed by atoms with van der Waals surface area (Å²) in [5.74, 6) is 1.85. The van der Waals surface area contributed by atoms with Gasteiger partial charge in [0.1, 0.15) is 6.61 Å². The summed E-state index contributed by atoms with van der Waals surface area (Å²) in [5, 5.41) is 2.79. The SMILES string of the molecule is COCC(=O)NCCSCc1ccc(C)cc1. The maximum absolute atomic E-state index is 11.1. The van der Waals surface area contributed by atoms with Crippen molar-refractivity contribution in [3.05, 3.63) is 35.4 Å². The van der Waals surface area contributed by atoms with Gasteiger partial charge in [0.25, 0.3) is 0 Å². The van der Waals surface area contributed by atoms with E-state index >= 15 is 0 Å². The molecule has 0 spiro atoms. The first kappa shape index (κ1) is 14.1. The first-order valence-electron chi connectivity index (χ1n) is 5.61. The van der Waals surface area contributed by atoms with Crippen LogP contribution < -0.4 is 5.32 Å². The molecule has 1 rings (SSSR count). The number of hydrogen-bond acceptors (Lipinski definition) is 3. The van der Waals surface area contributed by atoms with E-state index in [-0.39, 0.29) is 12.5 Å². The fourth-order valence-electron chi connectivity index (χ4n) is 1.32. The molecular weight excluding hydrogens is 234 g/mol. The van der Waals surface area contributed by atoms with Crippen molar-refractivity contribution in [2.75, 3.05) is 26.0 Å². The lowest BCUT2D eigenvalue weighted by Gasteiger charge is -2.04. The van der Waals surface area contributed by atoms with Crippen LogP contribution >= 0.6 is 11.8 Å². The zero-order chi connectivity index (χ0) is 12.5. The molecule has 4 heteroatoms. The van der Waals surface area contributed by atoms with E-state index in [9.17, 15) is 4.79 Å². The van der Waals surface area contributed by atoms with Gasteiger partial charge in [-0.15, -0.1) is 0 Å². The maximum atomic E-state index is 11.1. The summed E-state index contributed by atoms with van der Waals surface area (Å²) in [6.07, 6.45) is 0. The minimum Gasteiger partial charge on any atom is -0.375 e. The average Bonchev–Trinajstić information content (AvgIpc) is 2.31. The van der Waals surface area contributed by atoms with Gasteiger partial charge in [0.05, 0.1) is 0 Å². The highest BCUT2D eigenvalue weighted by molar-refractivity contribution is 7.98. The number of nitrogens with one attached hydrogen (secondary N) is 1. The Morgan fingerprint density at radius 2 is 2.06 bits per heavy atom. The van der Waals surface area contributed by atoms with Crippen LogP contribution in [0.1, 0.15) is 11.1 Å². The van der Waals surface area contributed by atoms with E-state index in [0.29, 0.717) is 6.54 Å². The van der Waals surface area contributed by atoms with Crippen LogP contribution in [0, 0.1) is 6.92 Å². The summed E-state index contributed by atoms with van der Waals surface area (Å²) in [4.78, 5) is 11.1. The highest BCUT2D eigenvalue weighted by Gasteiger charge is 1.98. The maximum Gasteiger partial charge on any atom is 0.246 e. The van der Waals surface area contributed by atoms with Crippen molar-refractivity contribution < 1.29 is 9.53 Å². The fraction of sp³-hybridized carbons (Fsp3) is 0.462. The van der Waals surface area contributed by atoms with Gasteiger partial charge in [0.2, 0.25) is 5.91 Å². The smallest absolute Gasteiger partial charge is 0.246 e. The number of carbonyl (C=O) groups excluding carboxylic acids is 1. The predicted octanol–water partition coefficient (Wildman–Crippen LogP) is 1.99. The summed E-state index contributed by atoms with van der Waals surface area (Å²) in [6, 6.07) is 8.53. The number of aryl methyl sites for hydroxylation is 1. The summed E-state index contributed by atoms with van der Waals surface area (Å²) >= 11 is 1.82. The van der Waals surface area contributed by atoms with Crippen LogP contribution in [0.2, 0.25) is 0 Å². The molecule has 0 saturated carbocycles. The molecule has 0 heterocycles. The Morgan fingerprint density at radius 3 is 2.71 bits per heavy atom. The van der Waals surface area contributed by atoms with Crippen molar-refractivity contribution in [1.82, 2.24) is 5.32 Å². The van der Waals surface area contributed by atoms with Crippen molar-refractivity contribution in [1.29, 1.82) is 0 Å². The summed E-state index contributed by atoms with van der Waals surface area (Å²) in [7, 11) is 1.52. The second-order valence-corrected chi connectivity index (χ2v) is 4.93. The lowest BCUT2D eigenvalue weighted by Crippen LogP contribution is -2.29. The first-order valence-corrected chi connectivity index (χ1v) is 6.77. The Bertz CT molecular complexity index is 338. The highest BCUT2D eigenvalue weighted by Crippen LogP contribution is 2.12. The van der Waals surface area contributed by atoms with Gasteiger partial charge in [-0.1, -0.05) is 29.8 Å². The molecule has 17 heavy (non-hydrogen) atoms. The van der Waals surface area contributed by atoms with Gasteiger partial charge in [0, 0.05) is 25.2 Å². The Hall–Kier alpha value is -1.00. The highest BCUT2D eigenvalue weighted by atomic mass is 32.2. The number of methoxy groups -OCH3 is 1. The average molecular weight is 253 g/mol. The van der Waals surface area contributed by atoms with E-state index in [1.165, 1.54) is 18.2 Å². The van der Waals surface area contributed by atoms with Crippen LogP contribution in [0.4, 0.5) is 0 Å². The lowest BCUT2D eigenvalue weighted by molar-refractivity contribution is -0.124. The van der Waals surface area contributed by atoms with E-state index < -0.39 is 0 Å². The Balaban J connectivity index is 2.08. The standard InChI is InChI=1S/C13H19NO2S/c1-11-3-5-12(6-4-11)10-17-8-7-14-13(15)9-16-2/h3-6H,7-10H2,1-2H3,(H,14,15). The summed E-state index contributed by atoms with van der Waals surface area (Å²) in [6.45, 7) is 2.92. The fourth-order valence-corrected chi connectivity index (χ4v) is 2.14. The van der Waals surface area contributed by atoms with Crippen LogP contribution in [0.3, 0.4) is 0 Å². The zero-order valence-corrected chi connectivity index (χ0v) is 11.2. The van der Waals surface area contributed by atoms with Crippen molar-refractivity contribution >= 4 is 17.7 Å².